The first-order valence-corrected chi connectivity index (χ1v) is 9.76. The zero-order chi connectivity index (χ0) is 18.1. The number of hydrogen-bond acceptors (Lipinski definition) is 2. The summed E-state index contributed by atoms with van der Waals surface area (Å²) >= 11 is 5.93. The number of rotatable bonds is 2. The van der Waals surface area contributed by atoms with Crippen molar-refractivity contribution in [1.29, 1.82) is 0 Å². The van der Waals surface area contributed by atoms with Crippen LogP contribution >= 0.6 is 11.6 Å². The maximum absolute atomic E-state index is 12.8. The Labute approximate surface area is 160 Å². The van der Waals surface area contributed by atoms with E-state index in [1.54, 1.807) is 12.1 Å². The van der Waals surface area contributed by atoms with Gasteiger partial charge in [-0.3, -0.25) is 9.69 Å². The Kier molecular flexibility index (Phi) is 4.76. The summed E-state index contributed by atoms with van der Waals surface area (Å²) in [7, 11) is 2.25. The number of amides is 1. The van der Waals surface area contributed by atoms with E-state index in [4.69, 9.17) is 11.6 Å². The Morgan fingerprint density at radius 1 is 1.04 bits per heavy atom. The molecular formula is C22H25ClN2O. The number of benzene rings is 2. The van der Waals surface area contributed by atoms with E-state index in [1.807, 2.05) is 17.0 Å². The predicted molar refractivity (Wildman–Crippen MR) is 106 cm³/mol. The van der Waals surface area contributed by atoms with Crippen LogP contribution in [0.25, 0.3) is 0 Å². The van der Waals surface area contributed by atoms with E-state index in [9.17, 15) is 4.79 Å². The second-order valence-electron chi connectivity index (χ2n) is 7.72. The van der Waals surface area contributed by atoms with Crippen LogP contribution in [0.5, 0.6) is 0 Å². The number of piperidine rings is 1. The van der Waals surface area contributed by atoms with Crippen molar-refractivity contribution in [3.63, 3.8) is 0 Å². The van der Waals surface area contributed by atoms with Gasteiger partial charge < -0.3 is 4.90 Å². The lowest BCUT2D eigenvalue weighted by Crippen LogP contribution is -2.52. The smallest absolute Gasteiger partial charge is 0.253 e. The Morgan fingerprint density at radius 2 is 1.69 bits per heavy atom. The average Bonchev–Trinajstić information content (AvgIpc) is 2.99. The van der Waals surface area contributed by atoms with Gasteiger partial charge in [-0.15, -0.1) is 0 Å². The van der Waals surface area contributed by atoms with Gasteiger partial charge in [0, 0.05) is 35.8 Å². The molecule has 2 aromatic rings. The third-order valence-corrected chi connectivity index (χ3v) is 6.53. The van der Waals surface area contributed by atoms with Crippen molar-refractivity contribution in [1.82, 2.24) is 9.80 Å². The number of halogens is 1. The van der Waals surface area contributed by atoms with Gasteiger partial charge in [-0.2, -0.15) is 0 Å². The molecule has 0 aromatic heterocycles. The highest BCUT2D eigenvalue weighted by molar-refractivity contribution is 6.30. The van der Waals surface area contributed by atoms with E-state index in [0.717, 1.165) is 38.0 Å². The summed E-state index contributed by atoms with van der Waals surface area (Å²) in [4.78, 5) is 17.3. The molecule has 0 unspecified atom stereocenters. The van der Waals surface area contributed by atoms with E-state index in [1.165, 1.54) is 12.0 Å². The van der Waals surface area contributed by atoms with Crippen LogP contribution in [0.1, 0.15) is 41.1 Å². The van der Waals surface area contributed by atoms with Gasteiger partial charge >= 0.3 is 0 Å². The molecule has 3 nitrogen and oxygen atoms in total. The molecule has 1 amide bonds. The fourth-order valence-corrected chi connectivity index (χ4v) is 4.76. The van der Waals surface area contributed by atoms with E-state index in [2.05, 4.69) is 42.3 Å². The van der Waals surface area contributed by atoms with Crippen LogP contribution in [0.3, 0.4) is 0 Å². The van der Waals surface area contributed by atoms with E-state index in [-0.39, 0.29) is 11.4 Å². The summed E-state index contributed by atoms with van der Waals surface area (Å²) < 4.78 is 0. The lowest BCUT2D eigenvalue weighted by Gasteiger charge is -2.43. The zero-order valence-corrected chi connectivity index (χ0v) is 16.0. The van der Waals surface area contributed by atoms with Gasteiger partial charge in [0.25, 0.3) is 5.91 Å². The second-order valence-corrected chi connectivity index (χ2v) is 8.15. The van der Waals surface area contributed by atoms with Gasteiger partial charge in [0.05, 0.1) is 0 Å². The minimum absolute atomic E-state index is 0.122. The zero-order valence-electron chi connectivity index (χ0n) is 15.2. The van der Waals surface area contributed by atoms with Gasteiger partial charge in [-0.05, 0) is 62.1 Å². The molecule has 2 heterocycles. The van der Waals surface area contributed by atoms with Gasteiger partial charge in [0.2, 0.25) is 0 Å². The molecule has 0 aliphatic carbocycles. The van der Waals surface area contributed by atoms with E-state index < -0.39 is 0 Å². The first-order chi connectivity index (χ1) is 12.6. The van der Waals surface area contributed by atoms with Crippen LogP contribution in [0.4, 0.5) is 0 Å². The Bertz CT molecular complexity index is 766. The lowest BCUT2D eigenvalue weighted by atomic mass is 9.81. The molecule has 2 aliphatic heterocycles. The third kappa shape index (κ3) is 3.26. The first kappa shape index (κ1) is 17.6. The largest absolute Gasteiger partial charge is 0.339 e. The van der Waals surface area contributed by atoms with Crippen LogP contribution in [0, 0.1) is 0 Å². The molecule has 2 aromatic carbocycles. The van der Waals surface area contributed by atoms with Crippen LogP contribution in [-0.2, 0) is 0 Å². The number of carbonyl (C=O) groups is 1. The molecular weight excluding hydrogens is 344 g/mol. The molecule has 0 saturated carbocycles. The molecule has 4 rings (SSSR count). The van der Waals surface area contributed by atoms with E-state index >= 15 is 0 Å². The number of carbonyl (C=O) groups excluding carboxylic acids is 1. The minimum Gasteiger partial charge on any atom is -0.339 e. The second kappa shape index (κ2) is 7.05. The van der Waals surface area contributed by atoms with Crippen LogP contribution in [-0.4, -0.2) is 47.9 Å². The van der Waals surface area contributed by atoms with Crippen molar-refractivity contribution in [2.24, 2.45) is 0 Å². The summed E-state index contributed by atoms with van der Waals surface area (Å²) in [6, 6.07) is 18.1. The van der Waals surface area contributed by atoms with E-state index in [0.29, 0.717) is 10.9 Å². The molecule has 0 N–H and O–H groups in total. The maximum atomic E-state index is 12.8. The predicted octanol–water partition coefficient (Wildman–Crippen LogP) is 4.43. The summed E-state index contributed by atoms with van der Waals surface area (Å²) in [5.41, 5.74) is 2.40. The molecule has 2 aliphatic rings. The number of hydrogen-bond donors (Lipinski definition) is 0. The fourth-order valence-electron chi connectivity index (χ4n) is 4.64. The Morgan fingerprint density at radius 3 is 2.35 bits per heavy atom. The molecule has 1 spiro atoms. The molecule has 136 valence electrons. The maximum Gasteiger partial charge on any atom is 0.253 e. The molecule has 0 radical (unpaired) electrons. The lowest BCUT2D eigenvalue weighted by molar-refractivity contribution is 0.0492. The fraction of sp³-hybridized carbons (Fsp3) is 0.409. The van der Waals surface area contributed by atoms with Crippen molar-refractivity contribution >= 4 is 17.5 Å². The van der Waals surface area contributed by atoms with Crippen molar-refractivity contribution < 1.29 is 4.79 Å². The Balaban J connectivity index is 1.43. The number of likely N-dealkylation sites (N-methyl/N-ethyl adjacent to an activating group) is 1. The molecule has 1 atom stereocenters. The van der Waals surface area contributed by atoms with Crippen molar-refractivity contribution in [2.75, 3.05) is 26.7 Å². The van der Waals surface area contributed by atoms with Gasteiger partial charge in [0.1, 0.15) is 0 Å². The third-order valence-electron chi connectivity index (χ3n) is 6.27. The summed E-state index contributed by atoms with van der Waals surface area (Å²) in [5.74, 6) is 0.719. The molecule has 4 heteroatoms. The van der Waals surface area contributed by atoms with Crippen LogP contribution < -0.4 is 0 Å². The van der Waals surface area contributed by atoms with Gasteiger partial charge in [0.15, 0.2) is 0 Å². The SMILES string of the molecule is CN1C[C@@H](c2ccccc2)CC12CCN(C(=O)c1ccc(Cl)cc1)CC2. The monoisotopic (exact) mass is 368 g/mol. The van der Waals surface area contributed by atoms with Crippen molar-refractivity contribution in [3.8, 4) is 0 Å². The highest BCUT2D eigenvalue weighted by atomic mass is 35.5. The van der Waals surface area contributed by atoms with Gasteiger partial charge in [-0.25, -0.2) is 0 Å². The highest BCUT2D eigenvalue weighted by Gasteiger charge is 2.46. The molecule has 2 fully saturated rings. The summed E-state index contributed by atoms with van der Waals surface area (Å²) in [6.07, 6.45) is 3.29. The van der Waals surface area contributed by atoms with Gasteiger partial charge in [-0.1, -0.05) is 41.9 Å². The summed E-state index contributed by atoms with van der Waals surface area (Å²) in [6.45, 7) is 2.76. The highest BCUT2D eigenvalue weighted by Crippen LogP contribution is 2.44. The average molecular weight is 369 g/mol. The summed E-state index contributed by atoms with van der Waals surface area (Å²) in [5, 5.41) is 0.665. The first-order valence-electron chi connectivity index (χ1n) is 9.38. The molecule has 0 bridgehead atoms. The van der Waals surface area contributed by atoms with Crippen LogP contribution in [0.15, 0.2) is 54.6 Å². The molecule has 26 heavy (non-hydrogen) atoms. The topological polar surface area (TPSA) is 23.6 Å². The Hall–Kier alpha value is -1.84. The van der Waals surface area contributed by atoms with Crippen molar-refractivity contribution in [2.45, 2.75) is 30.7 Å². The van der Waals surface area contributed by atoms with Crippen LogP contribution in [0.2, 0.25) is 5.02 Å². The molecule has 2 saturated heterocycles. The quantitative estimate of drug-likeness (QED) is 0.782. The standard InChI is InChI=1S/C22H25ClN2O/c1-24-16-19(17-5-3-2-4-6-17)15-22(24)11-13-25(14-12-22)21(26)18-7-9-20(23)10-8-18/h2-10,19H,11-16H2,1H3/t19-/m0/s1. The normalized spacial score (nSPS) is 22.7. The number of nitrogens with zero attached hydrogens (tertiary/aromatic N) is 2. The van der Waals surface area contributed by atoms with Crippen molar-refractivity contribution in [3.05, 3.63) is 70.7 Å². The minimum atomic E-state index is 0.122. The number of likely N-dealkylation sites (tertiary alicyclic amines) is 2.